The van der Waals surface area contributed by atoms with E-state index in [-0.39, 0.29) is 0 Å². The highest BCUT2D eigenvalue weighted by Crippen LogP contribution is 2.39. The van der Waals surface area contributed by atoms with Crippen LogP contribution in [-0.4, -0.2) is 20.3 Å². The van der Waals surface area contributed by atoms with Crippen LogP contribution in [0.5, 0.6) is 11.5 Å². The summed E-state index contributed by atoms with van der Waals surface area (Å²) < 4.78 is 17.0. The molecule has 0 N–H and O–H groups in total. The molecular weight excluding hydrogens is 286 g/mol. The highest BCUT2D eigenvalue weighted by Gasteiger charge is 2.19. The molecule has 0 saturated carbocycles. The van der Waals surface area contributed by atoms with Crippen LogP contribution in [-0.2, 0) is 4.74 Å². The maximum absolute atomic E-state index is 8.97. The van der Waals surface area contributed by atoms with Crippen molar-refractivity contribution in [2.24, 2.45) is 0 Å². The number of methoxy groups -OCH3 is 1. The van der Waals surface area contributed by atoms with E-state index in [0.29, 0.717) is 24.7 Å². The summed E-state index contributed by atoms with van der Waals surface area (Å²) in [6, 6.07) is 5.70. The van der Waals surface area contributed by atoms with Crippen LogP contribution in [0.1, 0.15) is 18.1 Å². The first-order valence-corrected chi connectivity index (χ1v) is 6.07. The van der Waals surface area contributed by atoms with Crippen molar-refractivity contribution in [1.29, 1.82) is 5.26 Å². The van der Waals surface area contributed by atoms with Crippen molar-refractivity contribution in [2.75, 3.05) is 20.3 Å². The highest BCUT2D eigenvalue weighted by atomic mass is 79.9. The molecule has 0 spiro atoms. The van der Waals surface area contributed by atoms with Crippen molar-refractivity contribution in [3.8, 4) is 17.6 Å². The van der Waals surface area contributed by atoms with Gasteiger partial charge >= 0.3 is 0 Å². The van der Waals surface area contributed by atoms with Gasteiger partial charge < -0.3 is 14.2 Å². The molecule has 1 atom stereocenters. The maximum atomic E-state index is 8.97. The van der Waals surface area contributed by atoms with Crippen LogP contribution in [0.4, 0.5) is 0 Å². The normalized spacial score (nSPS) is 15.8. The third-order valence-electron chi connectivity index (χ3n) is 2.48. The van der Waals surface area contributed by atoms with Gasteiger partial charge in [-0.05, 0) is 28.1 Å². The molecule has 5 heteroatoms. The first-order valence-electron chi connectivity index (χ1n) is 5.27. The van der Waals surface area contributed by atoms with Crippen molar-refractivity contribution >= 4 is 15.9 Å². The molecular formula is C12H12BrNO3. The third-order valence-corrected chi connectivity index (χ3v) is 3.07. The summed E-state index contributed by atoms with van der Waals surface area (Å²) in [5.74, 6) is 1.35. The van der Waals surface area contributed by atoms with Gasteiger partial charge in [0.25, 0.3) is 0 Å². The summed E-state index contributed by atoms with van der Waals surface area (Å²) >= 11 is 3.42. The van der Waals surface area contributed by atoms with Crippen LogP contribution in [0.3, 0.4) is 0 Å². The standard InChI is InChI=1S/C12H12BrNO3/c1-15-11(7-14)8-5-9(13)12-10(6-8)16-3-2-4-17-12/h5-6,11H,2-4H2,1H3. The molecule has 4 nitrogen and oxygen atoms in total. The molecule has 0 radical (unpaired) electrons. The summed E-state index contributed by atoms with van der Waals surface area (Å²) in [5.41, 5.74) is 0.756. The number of halogens is 1. The molecule has 1 aliphatic rings. The average Bonchev–Trinajstić information content (AvgIpc) is 2.56. The van der Waals surface area contributed by atoms with E-state index in [1.54, 1.807) is 6.07 Å². The Labute approximate surface area is 108 Å². The summed E-state index contributed by atoms with van der Waals surface area (Å²) in [5, 5.41) is 8.97. The molecule has 1 aliphatic heterocycles. The average molecular weight is 298 g/mol. The third kappa shape index (κ3) is 2.54. The van der Waals surface area contributed by atoms with Crippen LogP contribution < -0.4 is 9.47 Å². The van der Waals surface area contributed by atoms with Crippen LogP contribution >= 0.6 is 15.9 Å². The number of rotatable bonds is 2. The fourth-order valence-electron chi connectivity index (χ4n) is 1.67. The smallest absolute Gasteiger partial charge is 0.175 e. The van der Waals surface area contributed by atoms with Gasteiger partial charge in [-0.15, -0.1) is 0 Å². The lowest BCUT2D eigenvalue weighted by Crippen LogP contribution is -2.00. The predicted molar refractivity (Wildman–Crippen MR) is 65.1 cm³/mol. The minimum atomic E-state index is -0.594. The van der Waals surface area contributed by atoms with Crippen LogP contribution in [0.15, 0.2) is 16.6 Å². The SMILES string of the molecule is COC(C#N)c1cc(Br)c2c(c1)OCCCO2. The lowest BCUT2D eigenvalue weighted by molar-refractivity contribution is 0.148. The van der Waals surface area contributed by atoms with Gasteiger partial charge in [0.05, 0.1) is 23.8 Å². The first kappa shape index (κ1) is 12.2. The Morgan fingerprint density at radius 3 is 2.88 bits per heavy atom. The summed E-state index contributed by atoms with van der Waals surface area (Å²) in [4.78, 5) is 0. The number of ether oxygens (including phenoxy) is 3. The Kier molecular flexibility index (Phi) is 3.87. The molecule has 90 valence electrons. The van der Waals surface area contributed by atoms with Crippen molar-refractivity contribution in [1.82, 2.24) is 0 Å². The highest BCUT2D eigenvalue weighted by molar-refractivity contribution is 9.10. The van der Waals surface area contributed by atoms with E-state index in [0.717, 1.165) is 16.5 Å². The number of hydrogen-bond donors (Lipinski definition) is 0. The summed E-state index contributed by atoms with van der Waals surface area (Å²) in [6.45, 7) is 1.25. The van der Waals surface area contributed by atoms with Gasteiger partial charge in [0.15, 0.2) is 17.6 Å². The number of nitrogens with zero attached hydrogens (tertiary/aromatic N) is 1. The molecule has 1 aromatic rings. The van der Waals surface area contributed by atoms with Crippen molar-refractivity contribution in [2.45, 2.75) is 12.5 Å². The van der Waals surface area contributed by atoms with E-state index < -0.39 is 6.10 Å². The molecule has 0 saturated heterocycles. The van der Waals surface area contributed by atoms with Crippen molar-refractivity contribution < 1.29 is 14.2 Å². The van der Waals surface area contributed by atoms with E-state index in [4.69, 9.17) is 19.5 Å². The molecule has 2 rings (SSSR count). The second-order valence-corrected chi connectivity index (χ2v) is 4.48. The van der Waals surface area contributed by atoms with Crippen LogP contribution in [0, 0.1) is 11.3 Å². The van der Waals surface area contributed by atoms with Gasteiger partial charge in [-0.25, -0.2) is 0 Å². The Morgan fingerprint density at radius 2 is 2.18 bits per heavy atom. The summed E-state index contributed by atoms with van der Waals surface area (Å²) in [7, 11) is 1.50. The van der Waals surface area contributed by atoms with Gasteiger partial charge in [0, 0.05) is 19.1 Å². The molecule has 0 aromatic heterocycles. The molecule has 1 unspecified atom stereocenters. The Hall–Kier alpha value is -1.25. The monoisotopic (exact) mass is 297 g/mol. The fourth-order valence-corrected chi connectivity index (χ4v) is 2.24. The molecule has 0 amide bonds. The van der Waals surface area contributed by atoms with Crippen molar-refractivity contribution in [3.63, 3.8) is 0 Å². The number of nitriles is 1. The Bertz CT molecular complexity index is 456. The van der Waals surface area contributed by atoms with Gasteiger partial charge in [0.2, 0.25) is 0 Å². The van der Waals surface area contributed by atoms with E-state index >= 15 is 0 Å². The van der Waals surface area contributed by atoms with Gasteiger partial charge in [0.1, 0.15) is 0 Å². The first-order chi connectivity index (χ1) is 8.26. The number of fused-ring (bicyclic) bond motifs is 1. The molecule has 1 aromatic carbocycles. The molecule has 17 heavy (non-hydrogen) atoms. The largest absolute Gasteiger partial charge is 0.490 e. The van der Waals surface area contributed by atoms with Crippen LogP contribution in [0.2, 0.25) is 0 Å². The van der Waals surface area contributed by atoms with E-state index in [1.807, 2.05) is 6.07 Å². The molecule has 0 bridgehead atoms. The number of hydrogen-bond acceptors (Lipinski definition) is 4. The Balaban J connectivity index is 2.42. The fraction of sp³-hybridized carbons (Fsp3) is 0.417. The Morgan fingerprint density at radius 1 is 1.41 bits per heavy atom. The summed E-state index contributed by atoms with van der Waals surface area (Å²) in [6.07, 6.45) is 0.256. The zero-order valence-electron chi connectivity index (χ0n) is 9.40. The minimum Gasteiger partial charge on any atom is -0.490 e. The molecule has 0 fully saturated rings. The number of benzene rings is 1. The van der Waals surface area contributed by atoms with E-state index in [2.05, 4.69) is 22.0 Å². The quantitative estimate of drug-likeness (QED) is 0.842. The van der Waals surface area contributed by atoms with E-state index in [9.17, 15) is 0 Å². The lowest BCUT2D eigenvalue weighted by Gasteiger charge is -2.13. The zero-order valence-corrected chi connectivity index (χ0v) is 11.0. The van der Waals surface area contributed by atoms with Gasteiger partial charge in [-0.1, -0.05) is 0 Å². The van der Waals surface area contributed by atoms with Gasteiger partial charge in [-0.3, -0.25) is 0 Å². The molecule has 0 aliphatic carbocycles. The van der Waals surface area contributed by atoms with E-state index in [1.165, 1.54) is 7.11 Å². The van der Waals surface area contributed by atoms with Crippen LogP contribution in [0.25, 0.3) is 0 Å². The second kappa shape index (κ2) is 5.39. The topological polar surface area (TPSA) is 51.5 Å². The molecule has 1 heterocycles. The lowest BCUT2D eigenvalue weighted by atomic mass is 10.1. The zero-order chi connectivity index (χ0) is 12.3. The maximum Gasteiger partial charge on any atom is 0.175 e. The van der Waals surface area contributed by atoms with Crippen molar-refractivity contribution in [3.05, 3.63) is 22.2 Å². The van der Waals surface area contributed by atoms with Gasteiger partial charge in [-0.2, -0.15) is 5.26 Å². The minimum absolute atomic E-state index is 0.594. The predicted octanol–water partition coefficient (Wildman–Crippen LogP) is 2.82. The second-order valence-electron chi connectivity index (χ2n) is 3.63.